The molecule has 1 aromatic carbocycles. The number of methoxy groups -OCH3 is 1. The number of ether oxygens (including phenoxy) is 1. The first-order chi connectivity index (χ1) is 8.22. The van der Waals surface area contributed by atoms with Crippen LogP contribution in [-0.2, 0) is 9.53 Å². The second-order valence-electron chi connectivity index (χ2n) is 3.44. The molecule has 94 valence electrons. The average molecular weight is 318 g/mol. The Bertz CT molecular complexity index is 343. The van der Waals surface area contributed by atoms with Gasteiger partial charge in [0.1, 0.15) is 0 Å². The Labute approximate surface area is 114 Å². The number of benzene rings is 1. The third-order valence-electron chi connectivity index (χ3n) is 2.03. The molecule has 0 unspecified atom stereocenters. The van der Waals surface area contributed by atoms with Gasteiger partial charge in [0.25, 0.3) is 0 Å². The van der Waals surface area contributed by atoms with Crippen molar-refractivity contribution in [1.82, 2.24) is 5.32 Å². The smallest absolute Gasteiger partial charge is 0.230 e. The summed E-state index contributed by atoms with van der Waals surface area (Å²) >= 11 is 4.91. The third-order valence-corrected chi connectivity index (χ3v) is 3.57. The van der Waals surface area contributed by atoms with E-state index in [1.807, 2.05) is 24.3 Å². The second-order valence-corrected chi connectivity index (χ2v) is 5.40. The fraction of sp³-hybridized carbons (Fsp3) is 0.417. The molecular weight excluding hydrogens is 302 g/mol. The molecular formula is C12H16BrNO2S. The molecule has 0 saturated carbocycles. The summed E-state index contributed by atoms with van der Waals surface area (Å²) in [5.41, 5.74) is 0. The minimum atomic E-state index is 0.0639. The van der Waals surface area contributed by atoms with Crippen LogP contribution in [0, 0.1) is 0 Å². The Morgan fingerprint density at radius 1 is 1.41 bits per heavy atom. The van der Waals surface area contributed by atoms with Crippen LogP contribution in [0.5, 0.6) is 0 Å². The molecule has 0 spiro atoms. The maximum Gasteiger partial charge on any atom is 0.230 e. The molecule has 0 heterocycles. The maximum absolute atomic E-state index is 11.5. The topological polar surface area (TPSA) is 38.3 Å². The summed E-state index contributed by atoms with van der Waals surface area (Å²) in [4.78, 5) is 12.6. The summed E-state index contributed by atoms with van der Waals surface area (Å²) in [5.74, 6) is 0.517. The SMILES string of the molecule is COCCCNC(=O)CSc1ccc(Br)cc1. The highest BCUT2D eigenvalue weighted by atomic mass is 79.9. The van der Waals surface area contributed by atoms with Crippen LogP contribution in [0.2, 0.25) is 0 Å². The molecule has 1 rings (SSSR count). The molecule has 0 radical (unpaired) electrons. The predicted octanol–water partition coefficient (Wildman–Crippen LogP) is 2.69. The van der Waals surface area contributed by atoms with Gasteiger partial charge in [0.2, 0.25) is 5.91 Å². The Hall–Kier alpha value is -0.520. The first-order valence-electron chi connectivity index (χ1n) is 5.36. The largest absolute Gasteiger partial charge is 0.385 e. The molecule has 0 aliphatic carbocycles. The molecule has 0 fully saturated rings. The van der Waals surface area contributed by atoms with E-state index in [0.29, 0.717) is 18.9 Å². The van der Waals surface area contributed by atoms with Gasteiger partial charge < -0.3 is 10.1 Å². The zero-order chi connectivity index (χ0) is 12.5. The van der Waals surface area contributed by atoms with Crippen molar-refractivity contribution in [2.45, 2.75) is 11.3 Å². The first kappa shape index (κ1) is 14.5. The number of halogens is 1. The van der Waals surface area contributed by atoms with E-state index in [9.17, 15) is 4.79 Å². The van der Waals surface area contributed by atoms with Gasteiger partial charge in [-0.05, 0) is 30.7 Å². The highest BCUT2D eigenvalue weighted by Crippen LogP contribution is 2.20. The predicted molar refractivity (Wildman–Crippen MR) is 74.4 cm³/mol. The number of amides is 1. The van der Waals surface area contributed by atoms with Crippen molar-refractivity contribution in [3.05, 3.63) is 28.7 Å². The second kappa shape index (κ2) is 8.55. The van der Waals surface area contributed by atoms with Crippen molar-refractivity contribution in [1.29, 1.82) is 0 Å². The van der Waals surface area contributed by atoms with Gasteiger partial charge in [0.15, 0.2) is 0 Å². The summed E-state index contributed by atoms with van der Waals surface area (Å²) in [5, 5.41) is 2.85. The quantitative estimate of drug-likeness (QED) is 0.620. The molecule has 0 atom stereocenters. The average Bonchev–Trinajstić information content (AvgIpc) is 2.34. The van der Waals surface area contributed by atoms with Gasteiger partial charge in [-0.2, -0.15) is 0 Å². The minimum absolute atomic E-state index is 0.0639. The lowest BCUT2D eigenvalue weighted by molar-refractivity contribution is -0.118. The number of hydrogen-bond donors (Lipinski definition) is 1. The number of thioether (sulfide) groups is 1. The molecule has 0 bridgehead atoms. The number of hydrogen-bond acceptors (Lipinski definition) is 3. The summed E-state index contributed by atoms with van der Waals surface area (Å²) < 4.78 is 5.95. The van der Waals surface area contributed by atoms with Crippen molar-refractivity contribution in [2.75, 3.05) is 26.0 Å². The molecule has 0 saturated heterocycles. The van der Waals surface area contributed by atoms with Crippen LogP contribution in [0.1, 0.15) is 6.42 Å². The van der Waals surface area contributed by atoms with E-state index in [2.05, 4.69) is 21.2 Å². The van der Waals surface area contributed by atoms with Gasteiger partial charge in [-0.25, -0.2) is 0 Å². The zero-order valence-corrected chi connectivity index (χ0v) is 12.1. The zero-order valence-electron chi connectivity index (χ0n) is 9.74. The van der Waals surface area contributed by atoms with Crippen molar-refractivity contribution in [3.8, 4) is 0 Å². The summed E-state index contributed by atoms with van der Waals surface area (Å²) in [6.45, 7) is 1.35. The van der Waals surface area contributed by atoms with Crippen LogP contribution in [-0.4, -0.2) is 31.9 Å². The standard InChI is InChI=1S/C12H16BrNO2S/c1-16-8-2-7-14-12(15)9-17-11-5-3-10(13)4-6-11/h3-6H,2,7-9H2,1H3,(H,14,15). The monoisotopic (exact) mass is 317 g/mol. The fourth-order valence-electron chi connectivity index (χ4n) is 1.18. The van der Waals surface area contributed by atoms with E-state index in [0.717, 1.165) is 15.8 Å². The maximum atomic E-state index is 11.5. The lowest BCUT2D eigenvalue weighted by atomic mass is 10.4. The Balaban J connectivity index is 2.17. The Kier molecular flexibility index (Phi) is 7.32. The Morgan fingerprint density at radius 3 is 2.76 bits per heavy atom. The highest BCUT2D eigenvalue weighted by molar-refractivity contribution is 9.10. The lowest BCUT2D eigenvalue weighted by Crippen LogP contribution is -2.26. The van der Waals surface area contributed by atoms with Crippen LogP contribution < -0.4 is 5.32 Å². The van der Waals surface area contributed by atoms with Crippen molar-refractivity contribution in [3.63, 3.8) is 0 Å². The lowest BCUT2D eigenvalue weighted by Gasteiger charge is -2.04. The van der Waals surface area contributed by atoms with Gasteiger partial charge in [0, 0.05) is 29.6 Å². The minimum Gasteiger partial charge on any atom is -0.385 e. The van der Waals surface area contributed by atoms with Crippen molar-refractivity contribution in [2.24, 2.45) is 0 Å². The molecule has 1 aromatic rings. The van der Waals surface area contributed by atoms with E-state index in [1.165, 1.54) is 11.8 Å². The number of carbonyl (C=O) groups excluding carboxylic acids is 1. The van der Waals surface area contributed by atoms with Crippen LogP contribution in [0.4, 0.5) is 0 Å². The van der Waals surface area contributed by atoms with E-state index < -0.39 is 0 Å². The molecule has 0 aliphatic rings. The number of carbonyl (C=O) groups is 1. The number of rotatable bonds is 7. The van der Waals surface area contributed by atoms with E-state index in [1.54, 1.807) is 7.11 Å². The molecule has 1 N–H and O–H groups in total. The van der Waals surface area contributed by atoms with Crippen molar-refractivity contribution >= 4 is 33.6 Å². The first-order valence-corrected chi connectivity index (χ1v) is 7.14. The van der Waals surface area contributed by atoms with Gasteiger partial charge in [-0.1, -0.05) is 15.9 Å². The Morgan fingerprint density at radius 2 is 2.12 bits per heavy atom. The molecule has 1 amide bonds. The van der Waals surface area contributed by atoms with Crippen molar-refractivity contribution < 1.29 is 9.53 Å². The van der Waals surface area contributed by atoms with Crippen LogP contribution >= 0.6 is 27.7 Å². The van der Waals surface area contributed by atoms with Gasteiger partial charge in [0.05, 0.1) is 5.75 Å². The molecule has 17 heavy (non-hydrogen) atoms. The highest BCUT2D eigenvalue weighted by Gasteiger charge is 2.01. The van der Waals surface area contributed by atoms with Gasteiger partial charge in [-0.3, -0.25) is 4.79 Å². The summed E-state index contributed by atoms with van der Waals surface area (Å²) in [6.07, 6.45) is 0.852. The van der Waals surface area contributed by atoms with Crippen LogP contribution in [0.3, 0.4) is 0 Å². The molecule has 5 heteroatoms. The molecule has 3 nitrogen and oxygen atoms in total. The van der Waals surface area contributed by atoms with Gasteiger partial charge in [-0.15, -0.1) is 11.8 Å². The summed E-state index contributed by atoms with van der Waals surface area (Å²) in [7, 11) is 1.66. The number of nitrogens with one attached hydrogen (secondary N) is 1. The van der Waals surface area contributed by atoms with Crippen LogP contribution in [0.15, 0.2) is 33.6 Å². The fourth-order valence-corrected chi connectivity index (χ4v) is 2.17. The third kappa shape index (κ3) is 6.71. The van der Waals surface area contributed by atoms with Crippen LogP contribution in [0.25, 0.3) is 0 Å². The molecule has 0 aromatic heterocycles. The van der Waals surface area contributed by atoms with Gasteiger partial charge >= 0.3 is 0 Å². The van der Waals surface area contributed by atoms with E-state index in [-0.39, 0.29) is 5.91 Å². The molecule has 0 aliphatic heterocycles. The van der Waals surface area contributed by atoms with E-state index in [4.69, 9.17) is 4.74 Å². The summed E-state index contributed by atoms with van der Waals surface area (Å²) in [6, 6.07) is 7.93. The normalized spacial score (nSPS) is 10.2. The van der Waals surface area contributed by atoms with E-state index >= 15 is 0 Å².